The third-order valence-corrected chi connectivity index (χ3v) is 1.58. The number of nitrogens with one attached hydrogen (secondary N) is 1. The molecule has 1 aliphatic rings. The van der Waals surface area contributed by atoms with Crippen molar-refractivity contribution in [1.29, 1.82) is 0 Å². The highest BCUT2D eigenvalue weighted by Gasteiger charge is 2.34. The zero-order valence-electron chi connectivity index (χ0n) is 5.29. The standard InChI is InChI=1S/C6H11F2N/c1-9-4-2-3-6(7,8)5-9/h9H,1-5H2. The molecule has 0 aromatic carbocycles. The van der Waals surface area contributed by atoms with Gasteiger partial charge in [-0.25, -0.2) is 8.78 Å². The van der Waals surface area contributed by atoms with E-state index in [1.807, 2.05) is 0 Å². The summed E-state index contributed by atoms with van der Waals surface area (Å²) in [6, 6.07) is 0. The normalized spacial score (nSPS) is 34.3. The molecule has 1 rings (SSSR count). The lowest BCUT2D eigenvalue weighted by atomic mass is 10.1. The molecule has 3 heteroatoms. The van der Waals surface area contributed by atoms with Gasteiger partial charge in [-0.15, -0.1) is 0 Å². The highest BCUT2D eigenvalue weighted by atomic mass is 19.3. The van der Waals surface area contributed by atoms with Gasteiger partial charge in [0.05, 0.1) is 6.54 Å². The van der Waals surface area contributed by atoms with Crippen molar-refractivity contribution in [3.05, 3.63) is 7.05 Å². The number of hydrogen-bond donors (Lipinski definition) is 1. The first kappa shape index (κ1) is 6.93. The Labute approximate surface area is 53.6 Å². The Hall–Kier alpha value is -0.180. The van der Waals surface area contributed by atoms with Crippen molar-refractivity contribution < 1.29 is 13.7 Å². The summed E-state index contributed by atoms with van der Waals surface area (Å²) < 4.78 is 24.8. The van der Waals surface area contributed by atoms with Crippen LogP contribution < -0.4 is 4.90 Å². The van der Waals surface area contributed by atoms with Crippen LogP contribution in [0.3, 0.4) is 0 Å². The molecular weight excluding hydrogens is 124 g/mol. The van der Waals surface area contributed by atoms with Crippen LogP contribution in [0.5, 0.6) is 0 Å². The Morgan fingerprint density at radius 2 is 2.11 bits per heavy atom. The zero-order valence-corrected chi connectivity index (χ0v) is 5.29. The number of likely N-dealkylation sites (tertiary alicyclic amines) is 1. The van der Waals surface area contributed by atoms with Crippen LogP contribution in [-0.2, 0) is 0 Å². The van der Waals surface area contributed by atoms with Gasteiger partial charge in [0.1, 0.15) is 6.54 Å². The maximum Gasteiger partial charge on any atom is 0.293 e. The number of quaternary nitrogens is 1. The van der Waals surface area contributed by atoms with E-state index in [4.69, 9.17) is 0 Å². The monoisotopic (exact) mass is 135 g/mol. The Morgan fingerprint density at radius 1 is 1.44 bits per heavy atom. The van der Waals surface area contributed by atoms with E-state index >= 15 is 0 Å². The van der Waals surface area contributed by atoms with Crippen LogP contribution in [0, 0.1) is 7.05 Å². The van der Waals surface area contributed by atoms with E-state index in [1.165, 1.54) is 0 Å². The van der Waals surface area contributed by atoms with Gasteiger partial charge in [-0.3, -0.25) is 0 Å². The average molecular weight is 135 g/mol. The van der Waals surface area contributed by atoms with Gasteiger partial charge in [-0.2, -0.15) is 7.05 Å². The van der Waals surface area contributed by atoms with Gasteiger partial charge in [0, 0.05) is 12.8 Å². The third-order valence-electron chi connectivity index (χ3n) is 1.58. The minimum atomic E-state index is -2.45. The van der Waals surface area contributed by atoms with E-state index in [1.54, 1.807) is 0 Å². The van der Waals surface area contributed by atoms with Crippen molar-refractivity contribution in [1.82, 2.24) is 0 Å². The van der Waals surface area contributed by atoms with Crippen LogP contribution in [0.4, 0.5) is 8.78 Å². The fourth-order valence-corrected chi connectivity index (χ4v) is 1.14. The highest BCUT2D eigenvalue weighted by Crippen LogP contribution is 2.19. The molecule has 1 N–H and O–H groups in total. The molecule has 0 aromatic rings. The van der Waals surface area contributed by atoms with Gasteiger partial charge >= 0.3 is 0 Å². The fraction of sp³-hybridized carbons (Fsp3) is 0.833. The quantitative estimate of drug-likeness (QED) is 0.449. The van der Waals surface area contributed by atoms with Crippen LogP contribution in [-0.4, -0.2) is 19.0 Å². The summed E-state index contributed by atoms with van der Waals surface area (Å²) in [6.07, 6.45) is 0.651. The summed E-state index contributed by atoms with van der Waals surface area (Å²) in [5.74, 6) is -2.45. The van der Waals surface area contributed by atoms with Gasteiger partial charge in [0.25, 0.3) is 5.92 Å². The number of alkyl halides is 2. The van der Waals surface area contributed by atoms with Crippen LogP contribution in [0.15, 0.2) is 0 Å². The van der Waals surface area contributed by atoms with Crippen molar-refractivity contribution in [3.8, 4) is 0 Å². The smallest absolute Gasteiger partial charge is 0.293 e. The average Bonchev–Trinajstić information content (AvgIpc) is 1.60. The second-order valence-corrected chi connectivity index (χ2v) is 2.64. The first-order chi connectivity index (χ1) is 4.10. The van der Waals surface area contributed by atoms with E-state index in [0.29, 0.717) is 11.3 Å². The van der Waals surface area contributed by atoms with Crippen LogP contribution >= 0.6 is 0 Å². The predicted molar refractivity (Wildman–Crippen MR) is 30.2 cm³/mol. The van der Waals surface area contributed by atoms with E-state index in [9.17, 15) is 8.78 Å². The lowest BCUT2D eigenvalue weighted by Crippen LogP contribution is -3.09. The molecule has 0 spiro atoms. The van der Waals surface area contributed by atoms with Crippen molar-refractivity contribution in [2.75, 3.05) is 13.1 Å². The molecular formula is C6H11F2N. The molecule has 54 valence electrons. The Morgan fingerprint density at radius 3 is 2.44 bits per heavy atom. The molecule has 0 aliphatic carbocycles. The maximum absolute atomic E-state index is 12.4. The van der Waals surface area contributed by atoms with Crippen molar-refractivity contribution in [3.63, 3.8) is 0 Å². The zero-order chi connectivity index (χ0) is 6.91. The molecule has 1 unspecified atom stereocenters. The molecule has 0 aromatic heterocycles. The summed E-state index contributed by atoms with van der Waals surface area (Å²) in [7, 11) is 3.53. The Bertz CT molecular complexity index is 103. The third kappa shape index (κ3) is 1.90. The second kappa shape index (κ2) is 2.21. The first-order valence-corrected chi connectivity index (χ1v) is 3.15. The van der Waals surface area contributed by atoms with Crippen LogP contribution in [0.1, 0.15) is 12.8 Å². The van der Waals surface area contributed by atoms with E-state index in [0.717, 1.165) is 6.54 Å². The topological polar surface area (TPSA) is 4.44 Å². The van der Waals surface area contributed by atoms with Crippen molar-refractivity contribution in [2.24, 2.45) is 0 Å². The van der Waals surface area contributed by atoms with Crippen molar-refractivity contribution in [2.45, 2.75) is 18.8 Å². The van der Waals surface area contributed by atoms with E-state index in [2.05, 4.69) is 7.05 Å². The maximum atomic E-state index is 12.4. The van der Waals surface area contributed by atoms with E-state index in [-0.39, 0.29) is 13.0 Å². The Kier molecular flexibility index (Phi) is 1.70. The lowest BCUT2D eigenvalue weighted by molar-refractivity contribution is -0.869. The molecule has 9 heavy (non-hydrogen) atoms. The highest BCUT2D eigenvalue weighted by molar-refractivity contribution is 4.67. The summed E-state index contributed by atoms with van der Waals surface area (Å²) in [5, 5.41) is 0. The molecule has 0 bridgehead atoms. The van der Waals surface area contributed by atoms with Gasteiger partial charge < -0.3 is 4.90 Å². The summed E-state index contributed by atoms with van der Waals surface area (Å²) in [4.78, 5) is 0.700. The van der Waals surface area contributed by atoms with Crippen LogP contribution in [0.25, 0.3) is 0 Å². The summed E-state index contributed by atoms with van der Waals surface area (Å²) >= 11 is 0. The number of rotatable bonds is 0. The first-order valence-electron chi connectivity index (χ1n) is 3.15. The van der Waals surface area contributed by atoms with Gasteiger partial charge in [0.15, 0.2) is 0 Å². The van der Waals surface area contributed by atoms with E-state index < -0.39 is 5.92 Å². The van der Waals surface area contributed by atoms with Crippen molar-refractivity contribution >= 4 is 0 Å². The molecule has 1 heterocycles. The molecule has 0 saturated carbocycles. The van der Waals surface area contributed by atoms with Gasteiger partial charge in [-0.1, -0.05) is 0 Å². The fourth-order valence-electron chi connectivity index (χ4n) is 1.14. The number of piperidine rings is 1. The van der Waals surface area contributed by atoms with Gasteiger partial charge in [0.2, 0.25) is 0 Å². The summed E-state index contributed by atoms with van der Waals surface area (Å²) in [6.45, 7) is 0.697. The lowest BCUT2D eigenvalue weighted by Gasteiger charge is -2.31. The predicted octanol–water partition coefficient (Wildman–Crippen LogP) is 0.0920. The SMILES string of the molecule is [CH2-][NH+]1CCCC(F)(F)C1. The minimum Gasteiger partial charge on any atom is -0.463 e. The molecule has 0 radical (unpaired) electrons. The summed E-state index contributed by atoms with van der Waals surface area (Å²) in [5.41, 5.74) is 0. The molecule has 1 nitrogen and oxygen atoms in total. The largest absolute Gasteiger partial charge is 0.463 e. The molecule has 0 amide bonds. The molecule has 1 aliphatic heterocycles. The Balaban J connectivity index is 2.41. The minimum absolute atomic E-state index is 0.0476. The molecule has 1 atom stereocenters. The molecule has 1 saturated heterocycles. The number of hydrogen-bond acceptors (Lipinski definition) is 0. The van der Waals surface area contributed by atoms with Crippen LogP contribution in [0.2, 0.25) is 0 Å². The molecule has 1 fully saturated rings. The van der Waals surface area contributed by atoms with Gasteiger partial charge in [-0.05, 0) is 0 Å². The second-order valence-electron chi connectivity index (χ2n) is 2.64. The number of halogens is 2.